The first-order valence-electron chi connectivity index (χ1n) is 5.90. The molecule has 19 heavy (non-hydrogen) atoms. The zero-order chi connectivity index (χ0) is 13.1. The first-order chi connectivity index (χ1) is 9.38. The molecule has 4 heteroatoms. The Kier molecular flexibility index (Phi) is 2.90. The zero-order valence-corrected chi connectivity index (χ0v) is 10.1. The lowest BCUT2D eigenvalue weighted by atomic mass is 10.1. The largest absolute Gasteiger partial charge is 0.298 e. The minimum absolute atomic E-state index is 0.655. The van der Waals surface area contributed by atoms with E-state index < -0.39 is 0 Å². The van der Waals surface area contributed by atoms with E-state index in [0.29, 0.717) is 5.56 Å². The Hall–Kier alpha value is -2.75. The Labute approximate surface area is 110 Å². The van der Waals surface area contributed by atoms with Gasteiger partial charge < -0.3 is 0 Å². The minimum Gasteiger partial charge on any atom is -0.298 e. The van der Waals surface area contributed by atoms with Crippen LogP contribution in [0.25, 0.3) is 16.9 Å². The molecule has 92 valence electrons. The quantitative estimate of drug-likeness (QED) is 0.670. The van der Waals surface area contributed by atoms with Crippen LogP contribution >= 0.6 is 0 Å². The Morgan fingerprint density at radius 2 is 1.68 bits per heavy atom. The van der Waals surface area contributed by atoms with E-state index in [9.17, 15) is 4.79 Å². The lowest BCUT2D eigenvalue weighted by molar-refractivity contribution is 0.112. The maximum absolute atomic E-state index is 10.7. The summed E-state index contributed by atoms with van der Waals surface area (Å²) in [7, 11) is 0. The van der Waals surface area contributed by atoms with Crippen molar-refractivity contribution in [3.05, 3.63) is 66.4 Å². The third kappa shape index (κ3) is 2.15. The second kappa shape index (κ2) is 4.86. The van der Waals surface area contributed by atoms with Crippen molar-refractivity contribution in [3.8, 4) is 16.9 Å². The maximum Gasteiger partial charge on any atom is 0.150 e. The number of carbonyl (C=O) groups excluding carboxylic acids is 1. The van der Waals surface area contributed by atoms with Crippen LogP contribution < -0.4 is 0 Å². The van der Waals surface area contributed by atoms with Gasteiger partial charge in [-0.25, -0.2) is 4.68 Å². The normalized spacial score (nSPS) is 10.3. The molecular weight excluding hydrogens is 238 g/mol. The van der Waals surface area contributed by atoms with Gasteiger partial charge >= 0.3 is 0 Å². The molecule has 4 nitrogen and oxygen atoms in total. The molecule has 0 N–H and O–H groups in total. The first-order valence-corrected chi connectivity index (χ1v) is 5.90. The molecule has 3 rings (SSSR count). The number of aldehydes is 1. The van der Waals surface area contributed by atoms with Crippen LogP contribution in [0.3, 0.4) is 0 Å². The van der Waals surface area contributed by atoms with E-state index in [1.807, 2.05) is 42.5 Å². The Balaban J connectivity index is 2.06. The van der Waals surface area contributed by atoms with Gasteiger partial charge in [-0.15, -0.1) is 5.10 Å². The summed E-state index contributed by atoms with van der Waals surface area (Å²) < 4.78 is 1.77. The number of aromatic nitrogens is 3. The monoisotopic (exact) mass is 249 g/mol. The molecule has 1 heterocycles. The molecule has 0 atom stereocenters. The summed E-state index contributed by atoms with van der Waals surface area (Å²) in [4.78, 5) is 10.7. The Morgan fingerprint density at radius 3 is 2.37 bits per heavy atom. The maximum atomic E-state index is 10.7. The molecule has 0 saturated heterocycles. The van der Waals surface area contributed by atoms with E-state index in [1.165, 1.54) is 0 Å². The molecule has 0 radical (unpaired) electrons. The van der Waals surface area contributed by atoms with Crippen LogP contribution in [0, 0.1) is 0 Å². The van der Waals surface area contributed by atoms with E-state index in [2.05, 4.69) is 10.3 Å². The number of nitrogens with zero attached hydrogens (tertiary/aromatic N) is 3. The molecule has 0 spiro atoms. The van der Waals surface area contributed by atoms with Crippen LogP contribution in [0.1, 0.15) is 10.4 Å². The van der Waals surface area contributed by atoms with Gasteiger partial charge in [0.1, 0.15) is 6.29 Å². The summed E-state index contributed by atoms with van der Waals surface area (Å²) in [5.74, 6) is 0. The molecule has 1 aromatic heterocycles. The van der Waals surface area contributed by atoms with Crippen molar-refractivity contribution in [1.82, 2.24) is 15.0 Å². The van der Waals surface area contributed by atoms with Crippen molar-refractivity contribution in [1.29, 1.82) is 0 Å². The predicted octanol–water partition coefficient (Wildman–Crippen LogP) is 2.75. The topological polar surface area (TPSA) is 47.8 Å². The van der Waals surface area contributed by atoms with Gasteiger partial charge in [-0.3, -0.25) is 4.79 Å². The summed E-state index contributed by atoms with van der Waals surface area (Å²) in [6.45, 7) is 0. The second-order valence-corrected chi connectivity index (χ2v) is 4.11. The van der Waals surface area contributed by atoms with Crippen molar-refractivity contribution in [2.45, 2.75) is 0 Å². The third-order valence-corrected chi connectivity index (χ3v) is 2.89. The van der Waals surface area contributed by atoms with Crippen LogP contribution in [0.2, 0.25) is 0 Å². The fourth-order valence-corrected chi connectivity index (χ4v) is 1.92. The van der Waals surface area contributed by atoms with Gasteiger partial charge in [0.2, 0.25) is 0 Å². The van der Waals surface area contributed by atoms with Gasteiger partial charge in [-0.1, -0.05) is 47.7 Å². The van der Waals surface area contributed by atoms with Crippen LogP contribution in [0.4, 0.5) is 0 Å². The van der Waals surface area contributed by atoms with Crippen LogP contribution in [0.5, 0.6) is 0 Å². The number of para-hydroxylation sites is 1. The zero-order valence-electron chi connectivity index (χ0n) is 10.1. The average molecular weight is 249 g/mol. The molecule has 0 aliphatic rings. The molecular formula is C15H11N3O. The second-order valence-electron chi connectivity index (χ2n) is 4.11. The third-order valence-electron chi connectivity index (χ3n) is 2.89. The molecule has 0 aliphatic heterocycles. The predicted molar refractivity (Wildman–Crippen MR) is 72.2 cm³/mol. The van der Waals surface area contributed by atoms with Gasteiger partial charge in [0.25, 0.3) is 0 Å². The molecule has 0 unspecified atom stereocenters. The van der Waals surface area contributed by atoms with E-state index in [-0.39, 0.29) is 0 Å². The van der Waals surface area contributed by atoms with Crippen molar-refractivity contribution in [2.24, 2.45) is 0 Å². The fourth-order valence-electron chi connectivity index (χ4n) is 1.92. The van der Waals surface area contributed by atoms with E-state index in [0.717, 1.165) is 23.2 Å². The molecule has 2 aromatic carbocycles. The highest BCUT2D eigenvalue weighted by atomic mass is 16.1. The van der Waals surface area contributed by atoms with Crippen molar-refractivity contribution in [2.75, 3.05) is 0 Å². The molecule has 0 bridgehead atoms. The summed E-state index contributed by atoms with van der Waals surface area (Å²) in [6.07, 6.45) is 2.54. The smallest absolute Gasteiger partial charge is 0.150 e. The Morgan fingerprint density at radius 1 is 0.947 bits per heavy atom. The van der Waals surface area contributed by atoms with E-state index in [4.69, 9.17) is 0 Å². The average Bonchev–Trinajstić information content (AvgIpc) is 2.98. The van der Waals surface area contributed by atoms with Crippen LogP contribution in [-0.4, -0.2) is 21.3 Å². The highest BCUT2D eigenvalue weighted by Crippen LogP contribution is 2.21. The highest BCUT2D eigenvalue weighted by molar-refractivity contribution is 5.76. The minimum atomic E-state index is 0.655. The molecule has 3 aromatic rings. The van der Waals surface area contributed by atoms with Gasteiger partial charge in [0, 0.05) is 11.1 Å². The summed E-state index contributed by atoms with van der Waals surface area (Å²) in [5, 5.41) is 8.06. The molecule has 0 amide bonds. The fraction of sp³-hybridized carbons (Fsp3) is 0. The number of hydrogen-bond donors (Lipinski definition) is 0. The van der Waals surface area contributed by atoms with Crippen molar-refractivity contribution >= 4 is 6.29 Å². The van der Waals surface area contributed by atoms with Crippen molar-refractivity contribution in [3.63, 3.8) is 0 Å². The van der Waals surface area contributed by atoms with E-state index >= 15 is 0 Å². The lowest BCUT2D eigenvalue weighted by Crippen LogP contribution is -1.98. The highest BCUT2D eigenvalue weighted by Gasteiger charge is 2.08. The standard InChI is InChI=1S/C15H11N3O/c19-11-12-6-8-13(9-7-12)15-10-16-17-18(15)14-4-2-1-3-5-14/h1-11H. The van der Waals surface area contributed by atoms with E-state index in [1.54, 1.807) is 23.0 Å². The van der Waals surface area contributed by atoms with Crippen molar-refractivity contribution < 1.29 is 4.79 Å². The number of hydrogen-bond acceptors (Lipinski definition) is 3. The molecule has 0 aliphatic carbocycles. The first kappa shape index (κ1) is 11.3. The number of carbonyl (C=O) groups is 1. The van der Waals surface area contributed by atoms with Gasteiger partial charge in [0.05, 0.1) is 17.6 Å². The number of rotatable bonds is 3. The number of benzene rings is 2. The molecule has 0 fully saturated rings. The van der Waals surface area contributed by atoms with Gasteiger partial charge in [-0.2, -0.15) is 0 Å². The summed E-state index contributed by atoms with van der Waals surface area (Å²) in [6, 6.07) is 17.2. The van der Waals surface area contributed by atoms with Gasteiger partial charge in [0.15, 0.2) is 0 Å². The lowest BCUT2D eigenvalue weighted by Gasteiger charge is -2.06. The summed E-state index contributed by atoms with van der Waals surface area (Å²) in [5.41, 5.74) is 3.47. The van der Waals surface area contributed by atoms with Crippen LogP contribution in [-0.2, 0) is 0 Å². The SMILES string of the molecule is O=Cc1ccc(-c2cnnn2-c2ccccc2)cc1. The van der Waals surface area contributed by atoms with Crippen LogP contribution in [0.15, 0.2) is 60.8 Å². The molecule has 0 saturated carbocycles. The Bertz CT molecular complexity index is 687. The van der Waals surface area contributed by atoms with Gasteiger partial charge in [-0.05, 0) is 12.1 Å². The summed E-state index contributed by atoms with van der Waals surface area (Å²) >= 11 is 0.